The molecular formula is C9H17S. The highest BCUT2D eigenvalue weighted by Gasteiger charge is 2.02. The van der Waals surface area contributed by atoms with Crippen LogP contribution in [0.15, 0.2) is 6.08 Å². The zero-order chi connectivity index (χ0) is 7.82. The summed E-state index contributed by atoms with van der Waals surface area (Å²) in [6, 6.07) is 0. The van der Waals surface area contributed by atoms with Crippen LogP contribution in [0.1, 0.15) is 32.6 Å². The maximum Gasteiger partial charge on any atom is 0.00471 e. The molecule has 10 heavy (non-hydrogen) atoms. The van der Waals surface area contributed by atoms with Crippen LogP contribution >= 0.6 is 11.8 Å². The Bertz CT molecular complexity index is 78.8. The van der Waals surface area contributed by atoms with Gasteiger partial charge in [-0.15, -0.1) is 0 Å². The third kappa shape index (κ3) is 4.92. The van der Waals surface area contributed by atoms with Gasteiger partial charge in [0.15, 0.2) is 0 Å². The van der Waals surface area contributed by atoms with Gasteiger partial charge in [0.2, 0.25) is 0 Å². The molecule has 0 spiro atoms. The van der Waals surface area contributed by atoms with Crippen LogP contribution in [0.5, 0.6) is 0 Å². The zero-order valence-electron chi connectivity index (χ0n) is 6.97. The molecule has 0 nitrogen and oxygen atoms in total. The molecule has 0 aliphatic carbocycles. The van der Waals surface area contributed by atoms with E-state index in [1.807, 2.05) is 11.8 Å². The average Bonchev–Trinajstić information content (AvgIpc) is 1.98. The summed E-state index contributed by atoms with van der Waals surface area (Å²) < 4.78 is 0. The van der Waals surface area contributed by atoms with Crippen molar-refractivity contribution in [3.8, 4) is 0 Å². The van der Waals surface area contributed by atoms with Crippen molar-refractivity contribution in [1.29, 1.82) is 0 Å². The Hall–Kier alpha value is 0.0900. The van der Waals surface area contributed by atoms with Crippen LogP contribution in [0.4, 0.5) is 0 Å². The summed E-state index contributed by atoms with van der Waals surface area (Å²) >= 11 is 1.96. The summed E-state index contributed by atoms with van der Waals surface area (Å²) in [4.78, 5) is 0. The molecule has 0 aromatic rings. The Balaban J connectivity index is 3.29. The number of hydrogen-bond donors (Lipinski definition) is 0. The predicted molar refractivity (Wildman–Crippen MR) is 50.3 cm³/mol. The summed E-state index contributed by atoms with van der Waals surface area (Å²) in [7, 11) is 0. The summed E-state index contributed by atoms with van der Waals surface area (Å²) in [6.07, 6.45) is 8.86. The Labute approximate surface area is 69.1 Å². The molecule has 0 amide bonds. The summed E-state index contributed by atoms with van der Waals surface area (Å²) in [5.41, 5.74) is 0. The number of hydrogen-bond acceptors (Lipinski definition) is 1. The molecule has 0 aliphatic rings. The molecule has 0 fully saturated rings. The van der Waals surface area contributed by atoms with E-state index >= 15 is 0 Å². The third-order valence-corrected chi connectivity index (χ3v) is 2.74. The molecule has 59 valence electrons. The van der Waals surface area contributed by atoms with Crippen molar-refractivity contribution >= 4 is 11.8 Å². The van der Waals surface area contributed by atoms with Gasteiger partial charge in [0.1, 0.15) is 0 Å². The van der Waals surface area contributed by atoms with Crippen LogP contribution in [-0.4, -0.2) is 11.5 Å². The number of allylic oxidation sites excluding steroid dienone is 1. The zero-order valence-corrected chi connectivity index (χ0v) is 7.79. The van der Waals surface area contributed by atoms with Gasteiger partial charge >= 0.3 is 0 Å². The van der Waals surface area contributed by atoms with Crippen molar-refractivity contribution in [2.75, 3.05) is 6.26 Å². The van der Waals surface area contributed by atoms with Gasteiger partial charge < -0.3 is 0 Å². The predicted octanol–water partition coefficient (Wildman–Crippen LogP) is 3.29. The lowest BCUT2D eigenvalue weighted by Crippen LogP contribution is -1.99. The van der Waals surface area contributed by atoms with Crippen molar-refractivity contribution in [3.63, 3.8) is 0 Å². The van der Waals surface area contributed by atoms with E-state index in [0.717, 1.165) is 11.7 Å². The standard InChI is InChI=1S/C9H17S/c1-4-6-8-9(10-3)7-5-2/h1,4,9H,5-8H2,2-3H3. The molecule has 0 heterocycles. The fourth-order valence-electron chi connectivity index (χ4n) is 0.984. The van der Waals surface area contributed by atoms with E-state index in [1.54, 1.807) is 6.08 Å². The van der Waals surface area contributed by atoms with Crippen molar-refractivity contribution in [3.05, 3.63) is 12.7 Å². The molecular weight excluding hydrogens is 140 g/mol. The lowest BCUT2D eigenvalue weighted by molar-refractivity contribution is 0.693. The molecule has 0 aromatic carbocycles. The molecule has 0 N–H and O–H groups in total. The molecule has 1 radical (unpaired) electrons. The summed E-state index contributed by atoms with van der Waals surface area (Å²) in [6.45, 7) is 7.52. The molecule has 0 aromatic heterocycles. The Morgan fingerprint density at radius 3 is 2.60 bits per heavy atom. The Morgan fingerprint density at radius 1 is 1.50 bits per heavy atom. The fourth-order valence-corrected chi connectivity index (χ4v) is 1.83. The first kappa shape index (κ1) is 10.1. The van der Waals surface area contributed by atoms with Crippen LogP contribution in [0, 0.1) is 6.58 Å². The minimum Gasteiger partial charge on any atom is -0.162 e. The monoisotopic (exact) mass is 157 g/mol. The second-order valence-electron chi connectivity index (χ2n) is 2.46. The second-order valence-corrected chi connectivity index (χ2v) is 3.60. The van der Waals surface area contributed by atoms with E-state index in [2.05, 4.69) is 13.2 Å². The highest BCUT2D eigenvalue weighted by atomic mass is 32.2. The first-order valence-corrected chi connectivity index (χ1v) is 5.20. The van der Waals surface area contributed by atoms with Gasteiger partial charge in [-0.2, -0.15) is 11.8 Å². The van der Waals surface area contributed by atoms with Crippen LogP contribution in [0.2, 0.25) is 0 Å². The Morgan fingerprint density at radius 2 is 2.20 bits per heavy atom. The molecule has 0 aliphatic heterocycles. The highest BCUT2D eigenvalue weighted by molar-refractivity contribution is 7.99. The highest BCUT2D eigenvalue weighted by Crippen LogP contribution is 2.18. The maximum absolute atomic E-state index is 5.29. The molecule has 0 rings (SSSR count). The molecule has 1 unspecified atom stereocenters. The van der Waals surface area contributed by atoms with E-state index < -0.39 is 0 Å². The molecule has 1 atom stereocenters. The van der Waals surface area contributed by atoms with Crippen molar-refractivity contribution in [2.24, 2.45) is 0 Å². The smallest absolute Gasteiger partial charge is 0.00471 e. The van der Waals surface area contributed by atoms with Crippen LogP contribution in [-0.2, 0) is 0 Å². The lowest BCUT2D eigenvalue weighted by Gasteiger charge is -2.10. The first-order chi connectivity index (χ1) is 4.85. The van der Waals surface area contributed by atoms with Crippen LogP contribution < -0.4 is 0 Å². The Kier molecular flexibility index (Phi) is 7.26. The number of thioether (sulfide) groups is 1. The van der Waals surface area contributed by atoms with Crippen molar-refractivity contribution < 1.29 is 0 Å². The van der Waals surface area contributed by atoms with Gasteiger partial charge in [0.05, 0.1) is 0 Å². The van der Waals surface area contributed by atoms with Crippen molar-refractivity contribution in [2.45, 2.75) is 37.9 Å². The van der Waals surface area contributed by atoms with Gasteiger partial charge in [-0.1, -0.05) is 26.0 Å². The molecule has 1 heteroatoms. The molecule has 0 saturated heterocycles. The SMILES string of the molecule is [CH]=CCCC(CCC)SC. The quantitative estimate of drug-likeness (QED) is 0.570. The lowest BCUT2D eigenvalue weighted by atomic mass is 10.1. The van der Waals surface area contributed by atoms with Gasteiger partial charge in [-0.05, 0) is 25.5 Å². The number of rotatable bonds is 6. The molecule has 0 saturated carbocycles. The van der Waals surface area contributed by atoms with E-state index in [0.29, 0.717) is 0 Å². The summed E-state index contributed by atoms with van der Waals surface area (Å²) in [5, 5.41) is 0.824. The van der Waals surface area contributed by atoms with E-state index in [-0.39, 0.29) is 0 Å². The van der Waals surface area contributed by atoms with Crippen LogP contribution in [0.3, 0.4) is 0 Å². The van der Waals surface area contributed by atoms with Gasteiger partial charge in [0, 0.05) is 5.25 Å². The first-order valence-electron chi connectivity index (χ1n) is 3.91. The van der Waals surface area contributed by atoms with Gasteiger partial charge in [0.25, 0.3) is 0 Å². The van der Waals surface area contributed by atoms with Gasteiger partial charge in [-0.3, -0.25) is 0 Å². The fraction of sp³-hybridized carbons (Fsp3) is 0.778. The second kappa shape index (κ2) is 7.20. The molecule has 0 bridgehead atoms. The third-order valence-electron chi connectivity index (χ3n) is 1.60. The van der Waals surface area contributed by atoms with E-state index in [9.17, 15) is 0 Å². The average molecular weight is 157 g/mol. The van der Waals surface area contributed by atoms with Crippen molar-refractivity contribution in [1.82, 2.24) is 0 Å². The minimum atomic E-state index is 0.824. The van der Waals surface area contributed by atoms with E-state index in [1.165, 1.54) is 19.3 Å². The minimum absolute atomic E-state index is 0.824. The largest absolute Gasteiger partial charge is 0.162 e. The topological polar surface area (TPSA) is 0 Å². The van der Waals surface area contributed by atoms with E-state index in [4.69, 9.17) is 6.58 Å². The van der Waals surface area contributed by atoms with Crippen LogP contribution in [0.25, 0.3) is 0 Å². The van der Waals surface area contributed by atoms with Gasteiger partial charge in [-0.25, -0.2) is 0 Å². The normalized spacial score (nSPS) is 13.0. The maximum atomic E-state index is 5.29. The summed E-state index contributed by atoms with van der Waals surface area (Å²) in [5.74, 6) is 0.